The van der Waals surface area contributed by atoms with E-state index < -0.39 is 12.0 Å². The first-order valence-electron chi connectivity index (χ1n) is 3.86. The Hall–Kier alpha value is 2.17. The average Bonchev–Trinajstić information content (AvgIpc) is 2.27. The normalized spacial score (nSPS) is 30.9. The van der Waals surface area contributed by atoms with Crippen LogP contribution in [0.15, 0.2) is 0 Å². The lowest BCUT2D eigenvalue weighted by Gasteiger charge is -2.27. The van der Waals surface area contributed by atoms with Crippen LogP contribution in [-0.4, -0.2) is 12.0 Å². The summed E-state index contributed by atoms with van der Waals surface area (Å²) in [5.41, 5.74) is 0.0772. The van der Waals surface area contributed by atoms with Crippen molar-refractivity contribution in [3.05, 3.63) is 0 Å². The lowest BCUT2D eigenvalue weighted by atomic mass is 10.4. The largest absolute Gasteiger partial charge is 0.344 e. The molecule has 0 nitrogen and oxygen atoms in total. The molecular formula is C5H8Cl6Si2. The summed E-state index contributed by atoms with van der Waals surface area (Å²) in [4.78, 5) is 0. The summed E-state index contributed by atoms with van der Waals surface area (Å²) in [6.07, 6.45) is 2.81. The Bertz CT molecular complexity index is 164. The van der Waals surface area contributed by atoms with Gasteiger partial charge < -0.3 is 0 Å². The van der Waals surface area contributed by atoms with E-state index in [1.165, 1.54) is 0 Å². The van der Waals surface area contributed by atoms with Crippen molar-refractivity contribution < 1.29 is 0 Å². The predicted octanol–water partition coefficient (Wildman–Crippen LogP) is 5.22. The van der Waals surface area contributed by atoms with Gasteiger partial charge >= 0.3 is 12.0 Å². The van der Waals surface area contributed by atoms with Crippen molar-refractivity contribution >= 4 is 78.5 Å². The summed E-state index contributed by atoms with van der Waals surface area (Å²) in [6.45, 7) is 0. The molecule has 1 saturated carbocycles. The van der Waals surface area contributed by atoms with Crippen molar-refractivity contribution in [3.8, 4) is 0 Å². The highest BCUT2D eigenvalue weighted by molar-refractivity contribution is 7.68. The summed E-state index contributed by atoms with van der Waals surface area (Å²) in [5, 5.41) is 0. The molecule has 8 heteroatoms. The Morgan fingerprint density at radius 3 is 1.23 bits per heavy atom. The Labute approximate surface area is 108 Å². The Morgan fingerprint density at radius 1 is 0.692 bits per heavy atom. The fourth-order valence-corrected chi connectivity index (χ4v) is 12.2. The van der Waals surface area contributed by atoms with Crippen LogP contribution in [0.2, 0.25) is 11.1 Å². The van der Waals surface area contributed by atoms with Crippen molar-refractivity contribution in [3.63, 3.8) is 0 Å². The van der Waals surface area contributed by atoms with Gasteiger partial charge in [0.25, 0.3) is 0 Å². The van der Waals surface area contributed by atoms with Crippen molar-refractivity contribution in [1.29, 1.82) is 0 Å². The highest BCUT2D eigenvalue weighted by Crippen LogP contribution is 2.58. The molecule has 0 aromatic carbocycles. The van der Waals surface area contributed by atoms with E-state index in [2.05, 4.69) is 0 Å². The quantitative estimate of drug-likeness (QED) is 0.479. The molecule has 2 atom stereocenters. The van der Waals surface area contributed by atoms with Crippen LogP contribution in [0, 0.1) is 0 Å². The number of hydrogen-bond donors (Lipinski definition) is 0. The molecule has 0 unspecified atom stereocenters. The van der Waals surface area contributed by atoms with E-state index >= 15 is 0 Å². The zero-order valence-corrected chi connectivity index (χ0v) is 13.1. The Morgan fingerprint density at radius 2 is 1.00 bits per heavy atom. The van der Waals surface area contributed by atoms with Crippen LogP contribution in [0.3, 0.4) is 0 Å². The molecule has 0 saturated heterocycles. The van der Waals surface area contributed by atoms with Gasteiger partial charge in [-0.2, -0.15) is 0 Å². The first kappa shape index (κ1) is 13.2. The van der Waals surface area contributed by atoms with Crippen LogP contribution in [0.1, 0.15) is 19.3 Å². The first-order valence-corrected chi connectivity index (χ1v) is 14.1. The second kappa shape index (κ2) is 4.58. The second-order valence-corrected chi connectivity index (χ2v) is 21.1. The van der Waals surface area contributed by atoms with Crippen LogP contribution < -0.4 is 0 Å². The minimum atomic E-state index is -2.70. The first-order chi connectivity index (χ1) is 5.73. The number of halogens is 6. The molecule has 78 valence electrons. The minimum absolute atomic E-state index is 0.0386. The smallest absolute Gasteiger partial charge is 0.126 e. The van der Waals surface area contributed by atoms with Crippen molar-refractivity contribution in [2.75, 3.05) is 0 Å². The molecule has 0 aromatic heterocycles. The summed E-state index contributed by atoms with van der Waals surface area (Å²) >= 11 is 35.7. The number of rotatable bonds is 2. The molecule has 0 heterocycles. The van der Waals surface area contributed by atoms with Gasteiger partial charge in [0.2, 0.25) is 0 Å². The van der Waals surface area contributed by atoms with Gasteiger partial charge in [-0.1, -0.05) is 6.42 Å². The Kier molecular flexibility index (Phi) is 4.66. The van der Waals surface area contributed by atoms with E-state index in [0.29, 0.717) is 0 Å². The van der Waals surface area contributed by atoms with Crippen molar-refractivity contribution in [2.24, 2.45) is 0 Å². The molecule has 0 aliphatic heterocycles. The van der Waals surface area contributed by atoms with E-state index in [0.717, 1.165) is 19.3 Å². The molecule has 0 amide bonds. The summed E-state index contributed by atoms with van der Waals surface area (Å²) < 4.78 is 0. The molecule has 1 aliphatic rings. The zero-order chi connectivity index (χ0) is 10.3. The maximum atomic E-state index is 5.96. The third-order valence-corrected chi connectivity index (χ3v) is 10.8. The maximum Gasteiger partial charge on any atom is 0.344 e. The van der Waals surface area contributed by atoms with E-state index in [4.69, 9.17) is 66.5 Å². The van der Waals surface area contributed by atoms with Crippen LogP contribution in [0.4, 0.5) is 0 Å². The SMILES string of the molecule is Cl[Si](Cl)(Cl)[C@@H]1CCC[C@H]1[Si](Cl)(Cl)Cl. The van der Waals surface area contributed by atoms with Crippen molar-refractivity contribution in [2.45, 2.75) is 30.3 Å². The van der Waals surface area contributed by atoms with E-state index in [1.54, 1.807) is 0 Å². The molecule has 0 spiro atoms. The number of hydrogen-bond acceptors (Lipinski definition) is 0. The van der Waals surface area contributed by atoms with Gasteiger partial charge in [0.15, 0.2) is 0 Å². The standard InChI is InChI=1S/C5H8Cl6Si2/c6-12(7,8)4-2-1-3-5(4)13(9,10)11/h4-5H,1-3H2/t4-,5-/m1/s1. The van der Waals surface area contributed by atoms with Crippen LogP contribution >= 0.6 is 66.5 Å². The van der Waals surface area contributed by atoms with Gasteiger partial charge in [-0.25, -0.2) is 0 Å². The van der Waals surface area contributed by atoms with Gasteiger partial charge in [0.1, 0.15) is 0 Å². The van der Waals surface area contributed by atoms with Gasteiger partial charge in [-0.05, 0) is 23.9 Å². The fourth-order valence-electron chi connectivity index (χ4n) is 1.74. The van der Waals surface area contributed by atoms with Crippen molar-refractivity contribution in [1.82, 2.24) is 0 Å². The highest BCUT2D eigenvalue weighted by atomic mass is 35.8. The molecule has 1 rings (SSSR count). The molecule has 0 bridgehead atoms. The minimum Gasteiger partial charge on any atom is -0.126 e. The third kappa shape index (κ3) is 3.59. The van der Waals surface area contributed by atoms with Gasteiger partial charge in [-0.3, -0.25) is 0 Å². The fraction of sp³-hybridized carbons (Fsp3) is 1.00. The predicted molar refractivity (Wildman–Crippen MR) is 68.0 cm³/mol. The van der Waals surface area contributed by atoms with Crippen LogP contribution in [-0.2, 0) is 0 Å². The summed E-state index contributed by atoms with van der Waals surface area (Å²) in [7, 11) is 0. The molecule has 1 aliphatic carbocycles. The Balaban J connectivity index is 2.76. The van der Waals surface area contributed by atoms with E-state index in [-0.39, 0.29) is 11.1 Å². The molecule has 0 N–H and O–H groups in total. The van der Waals surface area contributed by atoms with Gasteiger partial charge in [0.05, 0.1) is 0 Å². The summed E-state index contributed by atoms with van der Waals surface area (Å²) in [6, 6.07) is -5.40. The topological polar surface area (TPSA) is 0 Å². The monoisotopic (exact) mass is 334 g/mol. The zero-order valence-electron chi connectivity index (χ0n) is 6.54. The van der Waals surface area contributed by atoms with Crippen LogP contribution in [0.25, 0.3) is 0 Å². The highest BCUT2D eigenvalue weighted by Gasteiger charge is 2.53. The molecule has 13 heavy (non-hydrogen) atoms. The maximum absolute atomic E-state index is 5.96. The lowest BCUT2D eigenvalue weighted by Crippen LogP contribution is -2.29. The van der Waals surface area contributed by atoms with Gasteiger partial charge in [-0.15, -0.1) is 66.5 Å². The third-order valence-electron chi connectivity index (χ3n) is 2.36. The van der Waals surface area contributed by atoms with E-state index in [9.17, 15) is 0 Å². The molecular weight excluding hydrogens is 329 g/mol. The van der Waals surface area contributed by atoms with Gasteiger partial charge in [0, 0.05) is 0 Å². The van der Waals surface area contributed by atoms with E-state index in [1.807, 2.05) is 0 Å². The lowest BCUT2D eigenvalue weighted by molar-refractivity contribution is 0.855. The summed E-state index contributed by atoms with van der Waals surface area (Å²) in [5.74, 6) is 0. The molecule has 0 radical (unpaired) electrons. The van der Waals surface area contributed by atoms with Crippen LogP contribution in [0.5, 0.6) is 0 Å². The average molecular weight is 337 g/mol. The molecule has 0 aromatic rings. The second-order valence-electron chi connectivity index (χ2n) is 3.23. The molecule has 1 fully saturated rings.